The molecule has 0 bridgehead atoms. The summed E-state index contributed by atoms with van der Waals surface area (Å²) in [6.45, 7) is 0.478. The summed E-state index contributed by atoms with van der Waals surface area (Å²) in [6.07, 6.45) is 5.40. The summed E-state index contributed by atoms with van der Waals surface area (Å²) in [5.41, 5.74) is 1.97. The van der Waals surface area contributed by atoms with Crippen molar-refractivity contribution in [2.24, 2.45) is 0 Å². The van der Waals surface area contributed by atoms with E-state index in [-0.39, 0.29) is 10.8 Å². The fraction of sp³-hybridized carbons (Fsp3) is 0.130. The van der Waals surface area contributed by atoms with E-state index in [1.54, 1.807) is 48.7 Å². The number of ether oxygens (including phenoxy) is 1. The number of pyridine rings is 1. The van der Waals surface area contributed by atoms with Gasteiger partial charge in [0.2, 0.25) is 5.91 Å². The van der Waals surface area contributed by atoms with Crippen LogP contribution in [0.2, 0.25) is 0 Å². The first-order chi connectivity index (χ1) is 15.0. The van der Waals surface area contributed by atoms with Crippen LogP contribution in [0.15, 0.2) is 83.9 Å². The van der Waals surface area contributed by atoms with E-state index in [4.69, 9.17) is 4.74 Å². The van der Waals surface area contributed by atoms with E-state index in [2.05, 4.69) is 15.0 Å². The van der Waals surface area contributed by atoms with Crippen LogP contribution in [0.3, 0.4) is 0 Å². The standard InChI is InChI=1S/C23H23N3O4S/c1-30-22-8-3-2-7-21(22)26-31(28,29)20-12-9-18(10-13-20)11-14-23(27)25-17-15-19-6-4-5-16-24-19/h2-14,16,26H,15,17H2,1H3,(H,25,27). The SMILES string of the molecule is COc1ccccc1NS(=O)(=O)c1ccc(C=CC(=O)NCCc2ccccn2)cc1. The van der Waals surface area contributed by atoms with Gasteiger partial charge in [-0.1, -0.05) is 30.3 Å². The quantitative estimate of drug-likeness (QED) is 0.501. The molecule has 0 spiro atoms. The fourth-order valence-electron chi connectivity index (χ4n) is 2.78. The van der Waals surface area contributed by atoms with E-state index < -0.39 is 10.0 Å². The van der Waals surface area contributed by atoms with Gasteiger partial charge in [0.15, 0.2) is 0 Å². The third kappa shape index (κ3) is 6.42. The number of carbonyl (C=O) groups is 1. The highest BCUT2D eigenvalue weighted by molar-refractivity contribution is 7.92. The molecule has 3 rings (SSSR count). The highest BCUT2D eigenvalue weighted by atomic mass is 32.2. The van der Waals surface area contributed by atoms with Gasteiger partial charge in [-0.25, -0.2) is 8.42 Å². The van der Waals surface area contributed by atoms with Crippen LogP contribution in [0.25, 0.3) is 6.08 Å². The zero-order valence-corrected chi connectivity index (χ0v) is 17.8. The van der Waals surface area contributed by atoms with Gasteiger partial charge in [0.05, 0.1) is 17.7 Å². The Balaban J connectivity index is 1.57. The normalized spacial score (nSPS) is 11.3. The molecule has 0 atom stereocenters. The minimum Gasteiger partial charge on any atom is -0.495 e. The molecule has 3 aromatic rings. The number of benzene rings is 2. The van der Waals surface area contributed by atoms with Crippen molar-refractivity contribution in [2.75, 3.05) is 18.4 Å². The lowest BCUT2D eigenvalue weighted by Gasteiger charge is -2.11. The summed E-state index contributed by atoms with van der Waals surface area (Å²) in [6, 6.07) is 18.7. The van der Waals surface area contributed by atoms with Crippen LogP contribution in [0.5, 0.6) is 5.75 Å². The molecule has 0 aliphatic heterocycles. The number of nitrogens with zero attached hydrogens (tertiary/aromatic N) is 1. The minimum atomic E-state index is -3.77. The Morgan fingerprint density at radius 3 is 2.48 bits per heavy atom. The molecule has 0 aliphatic carbocycles. The van der Waals surface area contributed by atoms with E-state index in [1.807, 2.05) is 18.2 Å². The van der Waals surface area contributed by atoms with Crippen LogP contribution >= 0.6 is 0 Å². The molecule has 0 fully saturated rings. The van der Waals surface area contributed by atoms with Crippen LogP contribution in [0.4, 0.5) is 5.69 Å². The number of anilines is 1. The van der Waals surface area contributed by atoms with Crippen molar-refractivity contribution in [1.82, 2.24) is 10.3 Å². The molecule has 0 unspecified atom stereocenters. The third-order valence-corrected chi connectivity index (χ3v) is 5.76. The van der Waals surface area contributed by atoms with Gasteiger partial charge in [-0.05, 0) is 48.0 Å². The second kappa shape index (κ2) is 10.4. The van der Waals surface area contributed by atoms with E-state index in [9.17, 15) is 13.2 Å². The summed E-state index contributed by atoms with van der Waals surface area (Å²) < 4.78 is 33.0. The monoisotopic (exact) mass is 437 g/mol. The number of carbonyl (C=O) groups excluding carboxylic acids is 1. The van der Waals surface area contributed by atoms with Crippen molar-refractivity contribution >= 4 is 27.7 Å². The Morgan fingerprint density at radius 1 is 1.03 bits per heavy atom. The average Bonchev–Trinajstić information content (AvgIpc) is 2.79. The molecule has 7 nitrogen and oxygen atoms in total. The number of para-hydroxylation sites is 2. The first-order valence-electron chi connectivity index (χ1n) is 9.60. The highest BCUT2D eigenvalue weighted by Gasteiger charge is 2.16. The zero-order chi connectivity index (χ0) is 22.1. The lowest BCUT2D eigenvalue weighted by atomic mass is 10.2. The molecule has 0 aliphatic rings. The Kier molecular flexibility index (Phi) is 7.40. The molecule has 0 saturated heterocycles. The van der Waals surface area contributed by atoms with Gasteiger partial charge in [-0.3, -0.25) is 14.5 Å². The minimum absolute atomic E-state index is 0.107. The molecular weight excluding hydrogens is 414 g/mol. The molecule has 31 heavy (non-hydrogen) atoms. The maximum atomic E-state index is 12.6. The molecule has 2 aromatic carbocycles. The topological polar surface area (TPSA) is 97.4 Å². The van der Waals surface area contributed by atoms with Crippen LogP contribution in [-0.4, -0.2) is 33.0 Å². The van der Waals surface area contributed by atoms with Crippen LogP contribution < -0.4 is 14.8 Å². The predicted octanol–water partition coefficient (Wildman–Crippen LogP) is 3.26. The molecular formula is C23H23N3O4S. The van der Waals surface area contributed by atoms with Crippen molar-refractivity contribution in [2.45, 2.75) is 11.3 Å². The Labute approximate surface area is 181 Å². The number of hydrogen-bond acceptors (Lipinski definition) is 5. The predicted molar refractivity (Wildman–Crippen MR) is 120 cm³/mol. The van der Waals surface area contributed by atoms with Gasteiger partial charge >= 0.3 is 0 Å². The molecule has 1 aromatic heterocycles. The number of sulfonamides is 1. The number of methoxy groups -OCH3 is 1. The molecule has 8 heteroatoms. The molecule has 0 radical (unpaired) electrons. The maximum Gasteiger partial charge on any atom is 0.262 e. The van der Waals surface area contributed by atoms with Crippen molar-refractivity contribution < 1.29 is 17.9 Å². The lowest BCUT2D eigenvalue weighted by Crippen LogP contribution is -2.23. The summed E-state index contributed by atoms with van der Waals surface area (Å²) in [7, 11) is -2.30. The van der Waals surface area contributed by atoms with E-state index in [0.717, 1.165) is 5.69 Å². The number of rotatable bonds is 9. The highest BCUT2D eigenvalue weighted by Crippen LogP contribution is 2.26. The molecule has 2 N–H and O–H groups in total. The number of nitrogens with one attached hydrogen (secondary N) is 2. The van der Waals surface area contributed by atoms with E-state index in [0.29, 0.717) is 30.0 Å². The van der Waals surface area contributed by atoms with Crippen LogP contribution in [-0.2, 0) is 21.2 Å². The first-order valence-corrected chi connectivity index (χ1v) is 11.1. The molecule has 1 heterocycles. The average molecular weight is 438 g/mol. The summed E-state index contributed by atoms with van der Waals surface area (Å²) >= 11 is 0. The number of hydrogen-bond donors (Lipinski definition) is 2. The second-order valence-electron chi connectivity index (χ2n) is 6.57. The Hall–Kier alpha value is -3.65. The smallest absolute Gasteiger partial charge is 0.262 e. The maximum absolute atomic E-state index is 12.6. The molecule has 0 saturated carbocycles. The first kappa shape index (κ1) is 22.0. The second-order valence-corrected chi connectivity index (χ2v) is 8.25. The molecule has 160 valence electrons. The lowest BCUT2D eigenvalue weighted by molar-refractivity contribution is -0.116. The van der Waals surface area contributed by atoms with Gasteiger partial charge in [-0.15, -0.1) is 0 Å². The third-order valence-electron chi connectivity index (χ3n) is 4.38. The van der Waals surface area contributed by atoms with Crippen molar-refractivity contribution in [3.63, 3.8) is 0 Å². The van der Waals surface area contributed by atoms with Crippen molar-refractivity contribution in [1.29, 1.82) is 0 Å². The van der Waals surface area contributed by atoms with E-state index >= 15 is 0 Å². The van der Waals surface area contributed by atoms with Crippen molar-refractivity contribution in [3.05, 3.63) is 90.3 Å². The summed E-state index contributed by atoms with van der Waals surface area (Å²) in [5.74, 6) is 0.199. The van der Waals surface area contributed by atoms with Gasteiger partial charge in [0.25, 0.3) is 10.0 Å². The van der Waals surface area contributed by atoms with Crippen LogP contribution in [0.1, 0.15) is 11.3 Å². The Morgan fingerprint density at radius 2 is 1.77 bits per heavy atom. The van der Waals surface area contributed by atoms with E-state index in [1.165, 1.54) is 25.3 Å². The number of amides is 1. The largest absolute Gasteiger partial charge is 0.495 e. The zero-order valence-electron chi connectivity index (χ0n) is 17.0. The Bertz CT molecular complexity index is 1140. The van der Waals surface area contributed by atoms with Crippen LogP contribution in [0, 0.1) is 0 Å². The summed E-state index contributed by atoms with van der Waals surface area (Å²) in [4.78, 5) is 16.3. The van der Waals surface area contributed by atoms with Crippen molar-refractivity contribution in [3.8, 4) is 5.75 Å². The van der Waals surface area contributed by atoms with Gasteiger partial charge in [0.1, 0.15) is 5.75 Å². The van der Waals surface area contributed by atoms with Gasteiger partial charge < -0.3 is 10.1 Å². The van der Waals surface area contributed by atoms with Gasteiger partial charge in [-0.2, -0.15) is 0 Å². The number of aromatic nitrogens is 1. The fourth-order valence-corrected chi connectivity index (χ4v) is 3.85. The van der Waals surface area contributed by atoms with Gasteiger partial charge in [0, 0.05) is 30.9 Å². The molecule has 1 amide bonds. The summed E-state index contributed by atoms with van der Waals surface area (Å²) in [5, 5.41) is 2.79.